The van der Waals surface area contributed by atoms with Gasteiger partial charge in [-0.3, -0.25) is 0 Å². The molecule has 0 saturated carbocycles. The van der Waals surface area contributed by atoms with Gasteiger partial charge in [-0.1, -0.05) is 59.0 Å². The van der Waals surface area contributed by atoms with E-state index in [9.17, 15) is 0 Å². The Bertz CT molecular complexity index is 265. The van der Waals surface area contributed by atoms with Crippen molar-refractivity contribution in [2.24, 2.45) is 11.8 Å². The Balaban J connectivity index is 3.72. The maximum absolute atomic E-state index is 4.13. The molecule has 0 aromatic carbocycles. The van der Waals surface area contributed by atoms with Gasteiger partial charge in [0.2, 0.25) is 0 Å². The average Bonchev–Trinajstić information content (AvgIpc) is 2.23. The lowest BCUT2D eigenvalue weighted by Crippen LogP contribution is -2.17. The van der Waals surface area contributed by atoms with Crippen molar-refractivity contribution in [3.05, 3.63) is 12.3 Å². The second-order valence-electron chi connectivity index (χ2n) is 5.54. The van der Waals surface area contributed by atoms with Gasteiger partial charge >= 0.3 is 0 Å². The molecular formula is C16H29N. The standard InChI is InChI=1S/C16H29N/c1-14(2)10-7-8-12-16(5)17(6)13-9-11-15(3)4/h14-15H,5,7-8,10,12-13H2,1-4,6H3. The van der Waals surface area contributed by atoms with E-state index in [2.05, 4.69) is 58.1 Å². The number of nitrogens with zero attached hydrogens (tertiary/aromatic N) is 1. The van der Waals surface area contributed by atoms with Crippen LogP contribution in [-0.4, -0.2) is 18.5 Å². The second-order valence-corrected chi connectivity index (χ2v) is 5.54. The van der Waals surface area contributed by atoms with E-state index in [4.69, 9.17) is 0 Å². The van der Waals surface area contributed by atoms with Gasteiger partial charge in [0, 0.05) is 18.7 Å². The summed E-state index contributed by atoms with van der Waals surface area (Å²) in [6.07, 6.45) is 4.98. The van der Waals surface area contributed by atoms with Gasteiger partial charge in [-0.05, 0) is 18.8 Å². The van der Waals surface area contributed by atoms with Crippen molar-refractivity contribution in [2.45, 2.75) is 53.4 Å². The molecule has 0 radical (unpaired) electrons. The molecule has 98 valence electrons. The summed E-state index contributed by atoms with van der Waals surface area (Å²) >= 11 is 0. The van der Waals surface area contributed by atoms with Crippen LogP contribution in [0.1, 0.15) is 53.4 Å². The summed E-state index contributed by atoms with van der Waals surface area (Å²) in [6.45, 7) is 13.7. The van der Waals surface area contributed by atoms with Crippen LogP contribution < -0.4 is 0 Å². The molecule has 0 saturated heterocycles. The van der Waals surface area contributed by atoms with E-state index in [0.717, 1.165) is 18.9 Å². The van der Waals surface area contributed by atoms with Gasteiger partial charge in [0.05, 0.1) is 6.54 Å². The molecule has 0 rings (SSSR count). The molecule has 0 unspecified atom stereocenters. The van der Waals surface area contributed by atoms with Crippen molar-refractivity contribution in [1.82, 2.24) is 4.90 Å². The first-order valence-corrected chi connectivity index (χ1v) is 6.80. The average molecular weight is 235 g/mol. The lowest BCUT2D eigenvalue weighted by Gasteiger charge is -2.19. The van der Waals surface area contributed by atoms with Crippen LogP contribution in [0.2, 0.25) is 0 Å². The van der Waals surface area contributed by atoms with Gasteiger partial charge in [-0.25, -0.2) is 0 Å². The maximum atomic E-state index is 4.13. The summed E-state index contributed by atoms with van der Waals surface area (Å²) in [4.78, 5) is 2.17. The highest BCUT2D eigenvalue weighted by Crippen LogP contribution is 2.13. The molecule has 17 heavy (non-hydrogen) atoms. The fourth-order valence-electron chi connectivity index (χ4n) is 1.55. The minimum absolute atomic E-state index is 0.461. The van der Waals surface area contributed by atoms with Crippen LogP contribution in [0.4, 0.5) is 0 Å². The molecule has 1 heteroatoms. The van der Waals surface area contributed by atoms with Gasteiger partial charge in [-0.2, -0.15) is 0 Å². The Morgan fingerprint density at radius 2 is 1.82 bits per heavy atom. The van der Waals surface area contributed by atoms with Crippen molar-refractivity contribution in [3.8, 4) is 11.8 Å². The third-order valence-corrected chi connectivity index (χ3v) is 2.74. The van der Waals surface area contributed by atoms with Crippen molar-refractivity contribution >= 4 is 0 Å². The van der Waals surface area contributed by atoms with Crippen molar-refractivity contribution in [2.75, 3.05) is 13.6 Å². The maximum Gasteiger partial charge on any atom is 0.0788 e. The summed E-state index contributed by atoms with van der Waals surface area (Å²) in [5.41, 5.74) is 1.21. The van der Waals surface area contributed by atoms with Crippen molar-refractivity contribution in [1.29, 1.82) is 0 Å². The molecule has 0 spiro atoms. The van der Waals surface area contributed by atoms with Crippen LogP contribution >= 0.6 is 0 Å². The highest BCUT2D eigenvalue weighted by atomic mass is 15.1. The van der Waals surface area contributed by atoms with E-state index in [1.807, 2.05) is 0 Å². The molecule has 0 fully saturated rings. The summed E-state index contributed by atoms with van der Waals surface area (Å²) in [7, 11) is 2.08. The lowest BCUT2D eigenvalue weighted by molar-refractivity contribution is 0.437. The smallest absolute Gasteiger partial charge is 0.0788 e. The molecule has 1 nitrogen and oxygen atoms in total. The van der Waals surface area contributed by atoms with E-state index in [0.29, 0.717) is 5.92 Å². The van der Waals surface area contributed by atoms with Crippen molar-refractivity contribution < 1.29 is 0 Å². The third-order valence-electron chi connectivity index (χ3n) is 2.74. The zero-order valence-corrected chi connectivity index (χ0v) is 12.3. The van der Waals surface area contributed by atoms with E-state index < -0.39 is 0 Å². The first-order valence-electron chi connectivity index (χ1n) is 6.80. The Morgan fingerprint density at radius 3 is 2.35 bits per heavy atom. The number of unbranched alkanes of at least 4 members (excludes halogenated alkanes) is 1. The molecule has 0 aliphatic carbocycles. The fraction of sp³-hybridized carbons (Fsp3) is 0.750. The van der Waals surface area contributed by atoms with Gasteiger partial charge < -0.3 is 4.90 Å². The Morgan fingerprint density at radius 1 is 1.18 bits per heavy atom. The van der Waals surface area contributed by atoms with E-state index in [-0.39, 0.29) is 0 Å². The monoisotopic (exact) mass is 235 g/mol. The molecule has 0 aromatic rings. The normalized spacial score (nSPS) is 10.3. The summed E-state index contributed by atoms with van der Waals surface area (Å²) in [5, 5.41) is 0. The van der Waals surface area contributed by atoms with E-state index >= 15 is 0 Å². The molecule has 0 aliphatic heterocycles. The lowest BCUT2D eigenvalue weighted by atomic mass is 10.0. The SMILES string of the molecule is C=C(CCCCC(C)C)N(C)CC#CC(C)C. The molecule has 0 N–H and O–H groups in total. The molecular weight excluding hydrogens is 206 g/mol. The van der Waals surface area contributed by atoms with Crippen molar-refractivity contribution in [3.63, 3.8) is 0 Å². The fourth-order valence-corrected chi connectivity index (χ4v) is 1.55. The molecule has 0 aromatic heterocycles. The topological polar surface area (TPSA) is 3.24 Å². The highest BCUT2D eigenvalue weighted by Gasteiger charge is 2.01. The Labute approximate surface area is 108 Å². The van der Waals surface area contributed by atoms with Gasteiger partial charge in [0.25, 0.3) is 0 Å². The molecule has 0 atom stereocenters. The van der Waals surface area contributed by atoms with Crippen LogP contribution in [0, 0.1) is 23.7 Å². The summed E-state index contributed by atoms with van der Waals surface area (Å²) < 4.78 is 0. The van der Waals surface area contributed by atoms with Gasteiger partial charge in [-0.15, -0.1) is 0 Å². The zero-order valence-electron chi connectivity index (χ0n) is 12.3. The molecule has 0 bridgehead atoms. The minimum Gasteiger partial charge on any atom is -0.367 e. The molecule has 0 amide bonds. The van der Waals surface area contributed by atoms with Gasteiger partial charge in [0.15, 0.2) is 0 Å². The number of hydrogen-bond acceptors (Lipinski definition) is 1. The van der Waals surface area contributed by atoms with Crippen LogP contribution in [0.3, 0.4) is 0 Å². The zero-order chi connectivity index (χ0) is 13.3. The quantitative estimate of drug-likeness (QED) is 0.469. The summed E-state index contributed by atoms with van der Waals surface area (Å²) in [6, 6.07) is 0. The number of allylic oxidation sites excluding steroid dienone is 1. The minimum atomic E-state index is 0.461. The third kappa shape index (κ3) is 10.00. The van der Waals surface area contributed by atoms with Crippen LogP contribution in [-0.2, 0) is 0 Å². The van der Waals surface area contributed by atoms with E-state index in [1.54, 1.807) is 0 Å². The second kappa shape index (κ2) is 9.16. The first-order chi connectivity index (χ1) is 7.93. The Kier molecular flexibility index (Phi) is 8.68. The highest BCUT2D eigenvalue weighted by molar-refractivity contribution is 5.06. The van der Waals surface area contributed by atoms with Gasteiger partial charge in [0.1, 0.15) is 0 Å². The predicted octanol–water partition coefficient (Wildman–Crippen LogP) is 4.31. The number of rotatable bonds is 7. The predicted molar refractivity (Wildman–Crippen MR) is 77.7 cm³/mol. The molecule has 0 heterocycles. The number of hydrogen-bond donors (Lipinski definition) is 0. The van der Waals surface area contributed by atoms with Crippen LogP contribution in [0.5, 0.6) is 0 Å². The molecule has 0 aliphatic rings. The van der Waals surface area contributed by atoms with Crippen LogP contribution in [0.15, 0.2) is 12.3 Å². The Hall–Kier alpha value is -0.900. The van der Waals surface area contributed by atoms with Crippen LogP contribution in [0.25, 0.3) is 0 Å². The first kappa shape index (κ1) is 16.1. The van der Waals surface area contributed by atoms with E-state index in [1.165, 1.54) is 25.0 Å². The summed E-state index contributed by atoms with van der Waals surface area (Å²) in [5.74, 6) is 7.65. The largest absolute Gasteiger partial charge is 0.367 e.